The number of nitrogens with zero attached hydrogens (tertiary/aromatic N) is 2. The molecule has 24 heavy (non-hydrogen) atoms. The van der Waals surface area contributed by atoms with Crippen molar-refractivity contribution in [3.05, 3.63) is 36.4 Å². The van der Waals surface area contributed by atoms with Crippen molar-refractivity contribution in [3.63, 3.8) is 0 Å². The van der Waals surface area contributed by atoms with Crippen molar-refractivity contribution in [2.45, 2.75) is 38.1 Å². The van der Waals surface area contributed by atoms with E-state index >= 15 is 0 Å². The van der Waals surface area contributed by atoms with Crippen LogP contribution in [-0.2, 0) is 0 Å². The summed E-state index contributed by atoms with van der Waals surface area (Å²) in [4.78, 5) is 12.0. The molecule has 2 amide bonds. The largest absolute Gasteiger partial charge is 0.480 e. The molecule has 6 nitrogen and oxygen atoms in total. The Balaban J connectivity index is 1.58. The Kier molecular flexibility index (Phi) is 5.25. The highest BCUT2D eigenvalue weighted by Gasteiger charge is 2.15. The highest BCUT2D eigenvalue weighted by Crippen LogP contribution is 2.21. The zero-order chi connectivity index (χ0) is 16.8. The maximum atomic E-state index is 12.0. The zero-order valence-electron chi connectivity index (χ0n) is 13.8. The van der Waals surface area contributed by atoms with Crippen molar-refractivity contribution in [2.24, 2.45) is 0 Å². The second-order valence-corrected chi connectivity index (χ2v) is 5.97. The van der Waals surface area contributed by atoms with Gasteiger partial charge in [-0.25, -0.2) is 4.79 Å². The molecule has 0 spiro atoms. The third-order valence-corrected chi connectivity index (χ3v) is 4.23. The van der Waals surface area contributed by atoms with Crippen LogP contribution in [0, 0.1) is 0 Å². The van der Waals surface area contributed by atoms with Crippen LogP contribution in [0.1, 0.15) is 32.1 Å². The maximum Gasteiger partial charge on any atom is 0.319 e. The Hall–Kier alpha value is -2.63. The summed E-state index contributed by atoms with van der Waals surface area (Å²) < 4.78 is 5.00. The molecule has 1 aliphatic carbocycles. The topological polar surface area (TPSA) is 76.1 Å². The summed E-state index contributed by atoms with van der Waals surface area (Å²) in [5.74, 6) is 0.483. The van der Waals surface area contributed by atoms with Crippen molar-refractivity contribution in [2.75, 3.05) is 12.4 Å². The fraction of sp³-hybridized carbons (Fsp3) is 0.389. The second kappa shape index (κ2) is 7.77. The number of carbonyl (C=O) groups excluding carboxylic acids is 1. The SMILES string of the molecule is COc1ccc(-c2ccc(NC(=O)NC3CCCCC3)cc2)nn1. The number of methoxy groups -OCH3 is 1. The van der Waals surface area contributed by atoms with Gasteiger partial charge in [0.25, 0.3) is 0 Å². The van der Waals surface area contributed by atoms with Gasteiger partial charge < -0.3 is 15.4 Å². The van der Waals surface area contributed by atoms with Gasteiger partial charge in [-0.05, 0) is 31.0 Å². The average Bonchev–Trinajstić information content (AvgIpc) is 2.63. The van der Waals surface area contributed by atoms with Crippen molar-refractivity contribution in [3.8, 4) is 17.1 Å². The molecular formula is C18H22N4O2. The molecular weight excluding hydrogens is 304 g/mol. The predicted octanol–water partition coefficient (Wildman–Crippen LogP) is 3.61. The van der Waals surface area contributed by atoms with E-state index in [2.05, 4.69) is 20.8 Å². The molecule has 0 unspecified atom stereocenters. The number of hydrogen-bond donors (Lipinski definition) is 2. The Labute approximate surface area is 141 Å². The fourth-order valence-electron chi connectivity index (χ4n) is 2.91. The Morgan fingerprint density at radius 1 is 1.04 bits per heavy atom. The fourth-order valence-corrected chi connectivity index (χ4v) is 2.91. The van der Waals surface area contributed by atoms with E-state index in [1.54, 1.807) is 13.2 Å². The van der Waals surface area contributed by atoms with Gasteiger partial charge in [0.2, 0.25) is 5.88 Å². The molecule has 126 valence electrons. The van der Waals surface area contributed by atoms with Crippen molar-refractivity contribution in [1.82, 2.24) is 15.5 Å². The molecule has 0 atom stereocenters. The molecule has 0 aliphatic heterocycles. The van der Waals surface area contributed by atoms with E-state index in [1.807, 2.05) is 30.3 Å². The standard InChI is InChI=1S/C18H22N4O2/c1-24-17-12-11-16(21-22-17)13-7-9-15(10-8-13)20-18(23)19-14-5-3-2-4-6-14/h7-12,14H,2-6H2,1H3,(H2,19,20,23). The molecule has 1 heterocycles. The van der Waals surface area contributed by atoms with Gasteiger partial charge in [-0.2, -0.15) is 0 Å². The molecule has 1 fully saturated rings. The maximum absolute atomic E-state index is 12.0. The molecule has 1 aromatic heterocycles. The van der Waals surface area contributed by atoms with Crippen LogP contribution in [0.15, 0.2) is 36.4 Å². The first-order valence-electron chi connectivity index (χ1n) is 8.30. The number of carbonyl (C=O) groups is 1. The van der Waals surface area contributed by atoms with E-state index < -0.39 is 0 Å². The molecule has 3 rings (SSSR count). The van der Waals surface area contributed by atoms with Crippen molar-refractivity contribution in [1.29, 1.82) is 0 Å². The van der Waals surface area contributed by atoms with Gasteiger partial charge in [0.1, 0.15) is 0 Å². The van der Waals surface area contributed by atoms with E-state index in [9.17, 15) is 4.79 Å². The van der Waals surface area contributed by atoms with Gasteiger partial charge in [-0.1, -0.05) is 31.4 Å². The van der Waals surface area contributed by atoms with Crippen LogP contribution < -0.4 is 15.4 Å². The lowest BCUT2D eigenvalue weighted by atomic mass is 9.96. The third kappa shape index (κ3) is 4.22. The number of rotatable bonds is 4. The number of benzene rings is 1. The van der Waals surface area contributed by atoms with Crippen LogP contribution in [0.25, 0.3) is 11.3 Å². The predicted molar refractivity (Wildman–Crippen MR) is 93.0 cm³/mol. The summed E-state index contributed by atoms with van der Waals surface area (Å²) in [7, 11) is 1.56. The summed E-state index contributed by atoms with van der Waals surface area (Å²) in [5, 5.41) is 14.0. The van der Waals surface area contributed by atoms with Crippen LogP contribution in [0.4, 0.5) is 10.5 Å². The average molecular weight is 326 g/mol. The summed E-state index contributed by atoms with van der Waals surface area (Å²) in [6.07, 6.45) is 5.81. The Bertz CT molecular complexity index is 664. The van der Waals surface area contributed by atoms with Crippen LogP contribution in [-0.4, -0.2) is 29.4 Å². The first kappa shape index (κ1) is 16.2. The molecule has 0 radical (unpaired) electrons. The summed E-state index contributed by atoms with van der Waals surface area (Å²) in [6.45, 7) is 0. The lowest BCUT2D eigenvalue weighted by molar-refractivity contribution is 0.244. The minimum Gasteiger partial charge on any atom is -0.480 e. The number of ether oxygens (including phenoxy) is 1. The Morgan fingerprint density at radius 2 is 1.79 bits per heavy atom. The molecule has 1 aliphatic rings. The first-order chi connectivity index (χ1) is 11.7. The van der Waals surface area contributed by atoms with E-state index in [4.69, 9.17) is 4.74 Å². The van der Waals surface area contributed by atoms with Crippen LogP contribution in [0.5, 0.6) is 5.88 Å². The van der Waals surface area contributed by atoms with Crippen molar-refractivity contribution >= 4 is 11.7 Å². The number of urea groups is 1. The van der Waals surface area contributed by atoms with Crippen LogP contribution in [0.2, 0.25) is 0 Å². The van der Waals surface area contributed by atoms with E-state index in [0.717, 1.165) is 29.8 Å². The minimum absolute atomic E-state index is 0.140. The van der Waals surface area contributed by atoms with Gasteiger partial charge in [0.05, 0.1) is 12.8 Å². The number of nitrogens with one attached hydrogen (secondary N) is 2. The van der Waals surface area contributed by atoms with Gasteiger partial charge >= 0.3 is 6.03 Å². The molecule has 0 saturated heterocycles. The van der Waals surface area contributed by atoms with Gasteiger partial charge in [0.15, 0.2) is 0 Å². The lowest BCUT2D eigenvalue weighted by Gasteiger charge is -2.22. The lowest BCUT2D eigenvalue weighted by Crippen LogP contribution is -2.38. The molecule has 1 saturated carbocycles. The normalized spacial score (nSPS) is 14.9. The molecule has 0 bridgehead atoms. The molecule has 1 aromatic carbocycles. The van der Waals surface area contributed by atoms with E-state index in [0.29, 0.717) is 11.9 Å². The summed E-state index contributed by atoms with van der Waals surface area (Å²) >= 11 is 0. The highest BCUT2D eigenvalue weighted by molar-refractivity contribution is 5.89. The van der Waals surface area contributed by atoms with Gasteiger partial charge in [-0.3, -0.25) is 0 Å². The number of anilines is 1. The monoisotopic (exact) mass is 326 g/mol. The smallest absolute Gasteiger partial charge is 0.319 e. The highest BCUT2D eigenvalue weighted by atomic mass is 16.5. The van der Waals surface area contributed by atoms with E-state index in [1.165, 1.54) is 19.3 Å². The number of hydrogen-bond acceptors (Lipinski definition) is 4. The number of aromatic nitrogens is 2. The van der Waals surface area contributed by atoms with Crippen LogP contribution in [0.3, 0.4) is 0 Å². The summed E-state index contributed by atoms with van der Waals surface area (Å²) in [5.41, 5.74) is 2.45. The van der Waals surface area contributed by atoms with Crippen LogP contribution >= 0.6 is 0 Å². The third-order valence-electron chi connectivity index (χ3n) is 4.23. The van der Waals surface area contributed by atoms with Gasteiger partial charge in [0, 0.05) is 23.4 Å². The molecule has 6 heteroatoms. The van der Waals surface area contributed by atoms with E-state index in [-0.39, 0.29) is 6.03 Å². The minimum atomic E-state index is -0.140. The first-order valence-corrected chi connectivity index (χ1v) is 8.30. The Morgan fingerprint density at radius 3 is 2.42 bits per heavy atom. The molecule has 2 aromatic rings. The number of amides is 2. The second-order valence-electron chi connectivity index (χ2n) is 5.97. The summed E-state index contributed by atoms with van der Waals surface area (Å²) in [6, 6.07) is 11.3. The quantitative estimate of drug-likeness (QED) is 0.900. The zero-order valence-corrected chi connectivity index (χ0v) is 13.8. The molecule has 2 N–H and O–H groups in total. The van der Waals surface area contributed by atoms with Gasteiger partial charge in [-0.15, -0.1) is 10.2 Å². The van der Waals surface area contributed by atoms with Crippen molar-refractivity contribution < 1.29 is 9.53 Å².